The summed E-state index contributed by atoms with van der Waals surface area (Å²) < 4.78 is 22.9. The van der Waals surface area contributed by atoms with Gasteiger partial charge in [-0.25, -0.2) is 0 Å². The minimum atomic E-state index is -1.66. The van der Waals surface area contributed by atoms with Gasteiger partial charge in [-0.15, -0.1) is 0 Å². The number of hydrogen-bond acceptors (Lipinski definition) is 10. The van der Waals surface area contributed by atoms with E-state index in [4.69, 9.17) is 18.9 Å². The molecule has 10 nitrogen and oxygen atoms in total. The molecule has 3 unspecified atom stereocenters. The second-order valence-corrected chi connectivity index (χ2v) is 8.19. The molecule has 0 radical (unpaired) electrons. The molecular weight excluding hydrogens is 460 g/mol. The quantitative estimate of drug-likeness (QED) is 0.374. The van der Waals surface area contributed by atoms with Gasteiger partial charge in [0.25, 0.3) is 0 Å². The van der Waals surface area contributed by atoms with Crippen LogP contribution in [0.25, 0.3) is 0 Å². The number of ether oxygens (including phenoxy) is 4. The number of phenols is 3. The van der Waals surface area contributed by atoms with Crippen LogP contribution in [0.4, 0.5) is 0 Å². The van der Waals surface area contributed by atoms with Crippen LogP contribution in [-0.2, 0) is 4.79 Å². The van der Waals surface area contributed by atoms with E-state index in [9.17, 15) is 30.3 Å². The molecule has 0 fully saturated rings. The van der Waals surface area contributed by atoms with E-state index < -0.39 is 35.9 Å². The zero-order chi connectivity index (χ0) is 24.9. The Morgan fingerprint density at radius 3 is 2.37 bits per heavy atom. The number of carbonyl (C=O) groups is 1. The normalized spacial score (nSPS) is 22.8. The Hall–Kier alpha value is -4.15. The van der Waals surface area contributed by atoms with Gasteiger partial charge in [0, 0.05) is 23.3 Å². The van der Waals surface area contributed by atoms with Crippen molar-refractivity contribution >= 4 is 5.78 Å². The Labute approximate surface area is 199 Å². The number of aliphatic hydroxyl groups excluding tert-OH is 2. The number of hydrogen-bond donors (Lipinski definition) is 5. The lowest BCUT2D eigenvalue weighted by Gasteiger charge is -2.34. The van der Waals surface area contributed by atoms with Crippen molar-refractivity contribution in [1.82, 2.24) is 0 Å². The van der Waals surface area contributed by atoms with Gasteiger partial charge < -0.3 is 44.5 Å². The molecule has 5 N–H and O–H groups in total. The van der Waals surface area contributed by atoms with Gasteiger partial charge in [-0.3, -0.25) is 4.79 Å². The van der Waals surface area contributed by atoms with Crippen molar-refractivity contribution in [3.8, 4) is 40.2 Å². The molecule has 5 rings (SSSR count). The van der Waals surface area contributed by atoms with E-state index in [1.807, 2.05) is 0 Å². The number of benzene rings is 3. The van der Waals surface area contributed by atoms with E-state index in [0.29, 0.717) is 16.9 Å². The highest BCUT2D eigenvalue weighted by Crippen LogP contribution is 2.47. The van der Waals surface area contributed by atoms with Crippen molar-refractivity contribution in [2.45, 2.75) is 24.4 Å². The third kappa shape index (κ3) is 3.82. The molecule has 0 aliphatic carbocycles. The van der Waals surface area contributed by atoms with Crippen molar-refractivity contribution in [3.05, 3.63) is 65.2 Å². The molecule has 0 amide bonds. The van der Waals surface area contributed by atoms with Gasteiger partial charge in [0.2, 0.25) is 5.78 Å². The summed E-state index contributed by atoms with van der Waals surface area (Å²) in [4.78, 5) is 12.9. The molecular formula is C25H22O10. The number of methoxy groups -OCH3 is 1. The molecule has 0 spiro atoms. The summed E-state index contributed by atoms with van der Waals surface area (Å²) in [5.74, 6) is -0.710. The van der Waals surface area contributed by atoms with E-state index in [1.165, 1.54) is 25.3 Å². The Balaban J connectivity index is 1.49. The number of aliphatic hydroxyl groups is 2. The lowest BCUT2D eigenvalue weighted by molar-refractivity contribution is -0.137. The molecule has 0 saturated carbocycles. The third-order valence-electron chi connectivity index (χ3n) is 6.00. The van der Waals surface area contributed by atoms with Crippen molar-refractivity contribution in [2.24, 2.45) is 0 Å². The maximum absolute atomic E-state index is 12.9. The first kappa shape index (κ1) is 22.6. The molecule has 4 atom stereocenters. The van der Waals surface area contributed by atoms with Crippen LogP contribution in [0.5, 0.6) is 40.2 Å². The standard InChI is InChI=1S/C25H22O10/c1-32-17-6-11(2-4-14(17)28)24-20(10-26)33-16-5-3-12(7-18(16)34-24)25-23(31)22(30)21-15(29)8-13(27)9-19(21)35-25/h2-9,20,22,24-30H,10H2,1H3/t20?,22?,24?,25-/m1/s1. The molecule has 10 heteroatoms. The predicted molar refractivity (Wildman–Crippen MR) is 119 cm³/mol. The molecule has 182 valence electrons. The molecule has 0 saturated heterocycles. The van der Waals surface area contributed by atoms with Crippen LogP contribution in [0.3, 0.4) is 0 Å². The first-order valence-electron chi connectivity index (χ1n) is 10.7. The molecule has 2 heterocycles. The number of ketones is 1. The monoisotopic (exact) mass is 482 g/mol. The van der Waals surface area contributed by atoms with Crippen molar-refractivity contribution in [1.29, 1.82) is 0 Å². The Kier molecular flexibility index (Phi) is 5.54. The van der Waals surface area contributed by atoms with E-state index in [2.05, 4.69) is 0 Å². The van der Waals surface area contributed by atoms with Crippen LogP contribution in [0, 0.1) is 0 Å². The second kappa shape index (κ2) is 8.57. The lowest BCUT2D eigenvalue weighted by atomic mass is 9.92. The summed E-state index contributed by atoms with van der Waals surface area (Å²) in [7, 11) is 1.41. The van der Waals surface area contributed by atoms with Crippen molar-refractivity contribution in [2.75, 3.05) is 13.7 Å². The number of phenolic OH excluding ortho intramolecular Hbond substituents is 3. The van der Waals surface area contributed by atoms with Crippen molar-refractivity contribution in [3.63, 3.8) is 0 Å². The summed E-state index contributed by atoms with van der Waals surface area (Å²) in [5, 5.41) is 50.1. The van der Waals surface area contributed by atoms with Crippen LogP contribution in [0.2, 0.25) is 0 Å². The van der Waals surface area contributed by atoms with Crippen LogP contribution < -0.4 is 18.9 Å². The fourth-order valence-corrected chi connectivity index (χ4v) is 4.27. The van der Waals surface area contributed by atoms with Gasteiger partial charge in [-0.2, -0.15) is 0 Å². The molecule has 35 heavy (non-hydrogen) atoms. The van der Waals surface area contributed by atoms with E-state index in [-0.39, 0.29) is 40.9 Å². The first-order valence-corrected chi connectivity index (χ1v) is 10.7. The average Bonchev–Trinajstić information content (AvgIpc) is 2.85. The van der Waals surface area contributed by atoms with Gasteiger partial charge in [0.05, 0.1) is 19.3 Å². The summed E-state index contributed by atoms with van der Waals surface area (Å²) in [6.45, 7) is -0.352. The fraction of sp³-hybridized carbons (Fsp3) is 0.240. The van der Waals surface area contributed by atoms with Crippen LogP contribution in [-0.4, -0.2) is 51.1 Å². The molecule has 2 aliphatic rings. The van der Waals surface area contributed by atoms with E-state index in [1.54, 1.807) is 24.3 Å². The second-order valence-electron chi connectivity index (χ2n) is 8.19. The van der Waals surface area contributed by atoms with E-state index >= 15 is 0 Å². The predicted octanol–water partition coefficient (Wildman–Crippen LogP) is 2.42. The number of rotatable bonds is 4. The third-order valence-corrected chi connectivity index (χ3v) is 6.00. The van der Waals surface area contributed by atoms with Crippen LogP contribution in [0.15, 0.2) is 48.5 Å². The lowest BCUT2D eigenvalue weighted by Crippen LogP contribution is -2.36. The summed E-state index contributed by atoms with van der Waals surface area (Å²) in [5.41, 5.74) is 0.804. The SMILES string of the molecule is COc1cc(C2Oc3cc([C@H]4Oc5cc(O)cc(O)c5C(O)C4=O)ccc3OC2CO)ccc1O. The largest absolute Gasteiger partial charge is 0.508 e. The fourth-order valence-electron chi connectivity index (χ4n) is 4.27. The van der Waals surface area contributed by atoms with Crippen LogP contribution in [0.1, 0.15) is 35.0 Å². The van der Waals surface area contributed by atoms with Gasteiger partial charge >= 0.3 is 0 Å². The minimum Gasteiger partial charge on any atom is -0.508 e. The van der Waals surface area contributed by atoms with E-state index in [0.717, 1.165) is 6.07 Å². The molecule has 3 aromatic rings. The highest BCUT2D eigenvalue weighted by Gasteiger charge is 2.40. The Bertz CT molecular complexity index is 1300. The first-order chi connectivity index (χ1) is 16.8. The smallest absolute Gasteiger partial charge is 0.211 e. The Morgan fingerprint density at radius 1 is 0.857 bits per heavy atom. The highest BCUT2D eigenvalue weighted by molar-refractivity contribution is 5.92. The Morgan fingerprint density at radius 2 is 1.63 bits per heavy atom. The highest BCUT2D eigenvalue weighted by atomic mass is 16.6. The molecule has 0 bridgehead atoms. The maximum Gasteiger partial charge on any atom is 0.211 e. The maximum atomic E-state index is 12.9. The molecule has 3 aromatic carbocycles. The van der Waals surface area contributed by atoms with Crippen molar-refractivity contribution < 1.29 is 49.3 Å². The van der Waals surface area contributed by atoms with Gasteiger partial charge in [0.1, 0.15) is 23.4 Å². The zero-order valence-corrected chi connectivity index (χ0v) is 18.4. The van der Waals surface area contributed by atoms with Crippen LogP contribution >= 0.6 is 0 Å². The van der Waals surface area contributed by atoms with Gasteiger partial charge in [-0.05, 0) is 24.3 Å². The summed E-state index contributed by atoms with van der Waals surface area (Å²) in [6, 6.07) is 11.5. The number of Topliss-reactive ketones (excluding diaryl/α,β-unsaturated/α-hetero) is 1. The number of aromatic hydroxyl groups is 3. The minimum absolute atomic E-state index is 0.0242. The summed E-state index contributed by atoms with van der Waals surface area (Å²) >= 11 is 0. The number of fused-ring (bicyclic) bond motifs is 2. The molecule has 2 aliphatic heterocycles. The number of carbonyl (C=O) groups excluding carboxylic acids is 1. The molecule has 0 aromatic heterocycles. The van der Waals surface area contributed by atoms with Gasteiger partial charge in [0.15, 0.2) is 41.3 Å². The topological polar surface area (TPSA) is 155 Å². The summed E-state index contributed by atoms with van der Waals surface area (Å²) in [6.07, 6.45) is -4.42. The zero-order valence-electron chi connectivity index (χ0n) is 18.4. The van der Waals surface area contributed by atoms with Gasteiger partial charge in [-0.1, -0.05) is 12.1 Å². The average molecular weight is 482 g/mol.